The molecule has 0 heterocycles. The Labute approximate surface area is 165 Å². The molecule has 2 rings (SSSR count). The third kappa shape index (κ3) is 7.04. The number of amides is 2. The third-order valence-electron chi connectivity index (χ3n) is 4.24. The fraction of sp³-hybridized carbons (Fsp3) is 0.364. The van der Waals surface area contributed by atoms with E-state index in [4.69, 9.17) is 10.5 Å². The normalized spacial score (nSPS) is 13.0. The largest absolute Gasteiger partial charge is 0.489 e. The van der Waals surface area contributed by atoms with Crippen molar-refractivity contribution in [3.05, 3.63) is 65.7 Å². The summed E-state index contributed by atoms with van der Waals surface area (Å²) in [5.74, 6) is -0.420. The Hall–Kier alpha value is -2.86. The number of rotatable bonds is 10. The van der Waals surface area contributed by atoms with Crippen molar-refractivity contribution in [2.45, 2.75) is 45.4 Å². The quantitative estimate of drug-likeness (QED) is 0.584. The molecule has 0 unspecified atom stereocenters. The average molecular weight is 384 g/mol. The van der Waals surface area contributed by atoms with Gasteiger partial charge in [-0.2, -0.15) is 0 Å². The van der Waals surface area contributed by atoms with Gasteiger partial charge < -0.3 is 20.9 Å². The van der Waals surface area contributed by atoms with Gasteiger partial charge in [-0.05, 0) is 35.6 Å². The minimum atomic E-state index is -1.16. The summed E-state index contributed by atoms with van der Waals surface area (Å²) in [5.41, 5.74) is 7.29. The van der Waals surface area contributed by atoms with E-state index in [0.717, 1.165) is 11.1 Å². The number of nitrogens with one attached hydrogen (secondary N) is 1. The van der Waals surface area contributed by atoms with E-state index in [0.29, 0.717) is 18.8 Å². The fourth-order valence-corrected chi connectivity index (χ4v) is 2.78. The van der Waals surface area contributed by atoms with Gasteiger partial charge in [0.05, 0.1) is 0 Å². The van der Waals surface area contributed by atoms with Crippen LogP contribution in [0.15, 0.2) is 54.6 Å². The number of carbonyl (C=O) groups is 2. The summed E-state index contributed by atoms with van der Waals surface area (Å²) in [6.45, 7) is 4.24. The summed E-state index contributed by atoms with van der Waals surface area (Å²) in [7, 11) is 0. The summed E-state index contributed by atoms with van der Waals surface area (Å²) < 4.78 is 5.79. The first kappa shape index (κ1) is 21.4. The van der Waals surface area contributed by atoms with Crippen molar-refractivity contribution in [1.82, 2.24) is 5.32 Å². The molecule has 6 nitrogen and oxygen atoms in total. The molecule has 0 saturated heterocycles. The number of ether oxygens (including phenoxy) is 1. The maximum atomic E-state index is 12.1. The van der Waals surface area contributed by atoms with Gasteiger partial charge in [-0.25, -0.2) is 0 Å². The summed E-state index contributed by atoms with van der Waals surface area (Å²) >= 11 is 0. The second kappa shape index (κ2) is 10.5. The van der Waals surface area contributed by atoms with Crippen LogP contribution in [-0.2, 0) is 22.6 Å². The first-order valence-electron chi connectivity index (χ1n) is 9.38. The maximum absolute atomic E-state index is 12.1. The molecular weight excluding hydrogens is 356 g/mol. The number of hydrogen-bond acceptors (Lipinski definition) is 4. The van der Waals surface area contributed by atoms with Crippen LogP contribution in [0.3, 0.4) is 0 Å². The Kier molecular flexibility index (Phi) is 8.02. The van der Waals surface area contributed by atoms with Crippen LogP contribution < -0.4 is 15.8 Å². The Morgan fingerprint density at radius 3 is 2.39 bits per heavy atom. The fourth-order valence-electron chi connectivity index (χ4n) is 2.78. The number of aliphatic hydroxyl groups is 1. The highest BCUT2D eigenvalue weighted by Crippen LogP contribution is 2.17. The summed E-state index contributed by atoms with van der Waals surface area (Å²) in [5, 5.41) is 12.5. The van der Waals surface area contributed by atoms with Gasteiger partial charge in [-0.1, -0.05) is 56.3 Å². The van der Waals surface area contributed by atoms with E-state index < -0.39 is 24.0 Å². The number of hydrogen-bond donors (Lipinski definition) is 3. The Morgan fingerprint density at radius 2 is 1.75 bits per heavy atom. The van der Waals surface area contributed by atoms with Gasteiger partial charge in [0.25, 0.3) is 0 Å². The van der Waals surface area contributed by atoms with Crippen molar-refractivity contribution in [2.24, 2.45) is 11.7 Å². The van der Waals surface area contributed by atoms with Crippen LogP contribution in [0.25, 0.3) is 0 Å². The van der Waals surface area contributed by atoms with E-state index in [1.54, 1.807) is 0 Å². The molecule has 0 aliphatic heterocycles. The SMILES string of the molecule is CC(C)C[C@@H](O)C(=O)N[C@H](Cc1cccc(OCc2ccccc2)c1)C(N)=O. The second-order valence-corrected chi connectivity index (χ2v) is 7.23. The van der Waals surface area contributed by atoms with Crippen LogP contribution in [0, 0.1) is 5.92 Å². The molecule has 28 heavy (non-hydrogen) atoms. The second-order valence-electron chi connectivity index (χ2n) is 7.23. The minimum absolute atomic E-state index is 0.159. The first-order chi connectivity index (χ1) is 13.3. The molecule has 0 spiro atoms. The van der Waals surface area contributed by atoms with E-state index in [1.807, 2.05) is 68.4 Å². The molecule has 0 aromatic heterocycles. The summed E-state index contributed by atoms with van der Waals surface area (Å²) in [6, 6.07) is 16.2. The molecular formula is C22H28N2O4. The molecule has 0 fully saturated rings. The molecule has 4 N–H and O–H groups in total. The molecule has 2 amide bonds. The number of aliphatic hydroxyl groups excluding tert-OH is 1. The van der Waals surface area contributed by atoms with Crippen LogP contribution >= 0.6 is 0 Å². The zero-order valence-corrected chi connectivity index (χ0v) is 16.3. The van der Waals surface area contributed by atoms with Crippen molar-refractivity contribution in [1.29, 1.82) is 0 Å². The molecule has 2 aromatic carbocycles. The molecule has 0 radical (unpaired) electrons. The number of nitrogens with two attached hydrogens (primary N) is 1. The van der Waals surface area contributed by atoms with Crippen LogP contribution in [0.4, 0.5) is 0 Å². The van der Waals surface area contributed by atoms with Gasteiger partial charge in [0.2, 0.25) is 11.8 Å². The van der Waals surface area contributed by atoms with E-state index in [9.17, 15) is 14.7 Å². The third-order valence-corrected chi connectivity index (χ3v) is 4.24. The number of benzene rings is 2. The lowest BCUT2D eigenvalue weighted by Crippen LogP contribution is -2.49. The number of carbonyl (C=O) groups excluding carboxylic acids is 2. The maximum Gasteiger partial charge on any atom is 0.249 e. The van der Waals surface area contributed by atoms with Crippen LogP contribution in [0.1, 0.15) is 31.4 Å². The monoisotopic (exact) mass is 384 g/mol. The van der Waals surface area contributed by atoms with E-state index in [2.05, 4.69) is 5.32 Å². The zero-order valence-electron chi connectivity index (χ0n) is 16.3. The van der Waals surface area contributed by atoms with Gasteiger partial charge >= 0.3 is 0 Å². The van der Waals surface area contributed by atoms with E-state index in [-0.39, 0.29) is 12.3 Å². The standard InChI is InChI=1S/C22H28N2O4/c1-15(2)11-20(25)22(27)24-19(21(23)26)13-17-9-6-10-18(12-17)28-14-16-7-4-3-5-8-16/h3-10,12,15,19-20,25H,11,13-14H2,1-2H3,(H2,23,26)(H,24,27)/t19-,20-/m1/s1. The highest BCUT2D eigenvalue weighted by molar-refractivity contribution is 5.88. The summed E-state index contributed by atoms with van der Waals surface area (Å²) in [6.07, 6.45) is -0.625. The predicted octanol–water partition coefficient (Wildman–Crippen LogP) is 2.19. The van der Waals surface area contributed by atoms with Crippen molar-refractivity contribution >= 4 is 11.8 Å². The van der Waals surface area contributed by atoms with Crippen molar-refractivity contribution in [2.75, 3.05) is 0 Å². The topological polar surface area (TPSA) is 102 Å². The molecule has 6 heteroatoms. The van der Waals surface area contributed by atoms with Crippen molar-refractivity contribution in [3.63, 3.8) is 0 Å². The average Bonchev–Trinajstić information content (AvgIpc) is 2.66. The van der Waals surface area contributed by atoms with Crippen LogP contribution in [0.2, 0.25) is 0 Å². The molecule has 0 bridgehead atoms. The molecule has 0 aliphatic rings. The van der Waals surface area contributed by atoms with E-state index >= 15 is 0 Å². The predicted molar refractivity (Wildman–Crippen MR) is 108 cm³/mol. The highest BCUT2D eigenvalue weighted by atomic mass is 16.5. The van der Waals surface area contributed by atoms with Gasteiger partial charge in [0.15, 0.2) is 0 Å². The van der Waals surface area contributed by atoms with Crippen LogP contribution in [0.5, 0.6) is 5.75 Å². The molecule has 0 saturated carbocycles. The van der Waals surface area contributed by atoms with Crippen molar-refractivity contribution < 1.29 is 19.4 Å². The van der Waals surface area contributed by atoms with Gasteiger partial charge in [-0.3, -0.25) is 9.59 Å². The van der Waals surface area contributed by atoms with Crippen LogP contribution in [-0.4, -0.2) is 29.1 Å². The molecule has 2 atom stereocenters. The van der Waals surface area contributed by atoms with Gasteiger partial charge in [0.1, 0.15) is 24.5 Å². The Bertz CT molecular complexity index is 777. The van der Waals surface area contributed by atoms with Gasteiger partial charge in [0, 0.05) is 6.42 Å². The van der Waals surface area contributed by atoms with Gasteiger partial charge in [-0.15, -0.1) is 0 Å². The molecule has 0 aliphatic carbocycles. The minimum Gasteiger partial charge on any atom is -0.489 e. The smallest absolute Gasteiger partial charge is 0.249 e. The lowest BCUT2D eigenvalue weighted by molar-refractivity contribution is -0.133. The van der Waals surface area contributed by atoms with E-state index in [1.165, 1.54) is 0 Å². The zero-order chi connectivity index (χ0) is 20.5. The number of primary amides is 1. The molecule has 2 aromatic rings. The lowest BCUT2D eigenvalue weighted by Gasteiger charge is -2.19. The molecule has 150 valence electrons. The summed E-state index contributed by atoms with van der Waals surface area (Å²) in [4.78, 5) is 23.9. The van der Waals surface area contributed by atoms with Crippen molar-refractivity contribution in [3.8, 4) is 5.75 Å². The Balaban J connectivity index is 1.98. The lowest BCUT2D eigenvalue weighted by atomic mass is 10.0. The Morgan fingerprint density at radius 1 is 1.07 bits per heavy atom. The highest BCUT2D eigenvalue weighted by Gasteiger charge is 2.23. The first-order valence-corrected chi connectivity index (χ1v) is 9.38.